The monoisotopic (exact) mass is 894 g/mol. The molecule has 0 spiro atoms. The first-order valence-corrected chi connectivity index (χ1v) is 20.6. The van der Waals surface area contributed by atoms with E-state index in [2.05, 4.69) is 24.3 Å². The summed E-state index contributed by atoms with van der Waals surface area (Å²) in [5, 5.41) is 9.03. The van der Waals surface area contributed by atoms with Crippen LogP contribution >= 0.6 is 0 Å². The van der Waals surface area contributed by atoms with Gasteiger partial charge in [-0.3, -0.25) is 19.2 Å². The van der Waals surface area contributed by atoms with Gasteiger partial charge in [0, 0.05) is 36.6 Å². The number of pyridine rings is 2. The van der Waals surface area contributed by atoms with Crippen LogP contribution in [0.25, 0.3) is 33.3 Å². The summed E-state index contributed by atoms with van der Waals surface area (Å²) < 4.78 is 14.9. The number of carbonyl (C=O) groups is 5. The molecule has 6 N–H and O–H groups in total. The van der Waals surface area contributed by atoms with Crippen molar-refractivity contribution in [1.29, 1.82) is 0 Å². The van der Waals surface area contributed by atoms with E-state index in [9.17, 15) is 24.0 Å². The Labute approximate surface area is 403 Å². The fourth-order valence-corrected chi connectivity index (χ4v) is 8.19. The molecule has 0 unspecified atom stereocenters. The minimum atomic E-state index is -1.15. The van der Waals surface area contributed by atoms with Crippen LogP contribution in [-0.4, -0.2) is 61.9 Å². The quantitative estimate of drug-likeness (QED) is 0.0714. The number of carboxylic acid groups (broad SMARTS) is 1. The Morgan fingerprint density at radius 2 is 0.924 bits per heavy atom. The number of hydrogen-bond donors (Lipinski definition) is 3. The predicted molar refractivity (Wildman–Crippen MR) is 247 cm³/mol. The molecule has 4 aromatic heterocycles. The molecule has 330 valence electrons. The number of carbonyl (C=O) groups excluding carboxylic acids is 4. The van der Waals surface area contributed by atoms with Gasteiger partial charge in [0.15, 0.2) is 6.61 Å². The van der Waals surface area contributed by atoms with Crippen molar-refractivity contribution in [2.75, 3.05) is 13.2 Å². The topological polar surface area (TPSA) is 215 Å². The second-order valence-corrected chi connectivity index (χ2v) is 15.0. The molecule has 14 heteroatoms. The van der Waals surface area contributed by atoms with Crippen LogP contribution in [-0.2, 0) is 27.2 Å². The van der Waals surface area contributed by atoms with Gasteiger partial charge in [0.05, 0.1) is 28.8 Å². The molecule has 66 heavy (non-hydrogen) atoms. The summed E-state index contributed by atoms with van der Waals surface area (Å²) >= 11 is 0. The number of hydrogen-bond acceptors (Lipinski definition) is 8. The van der Waals surface area contributed by atoms with Gasteiger partial charge in [-0.2, -0.15) is 0 Å². The summed E-state index contributed by atoms with van der Waals surface area (Å²) in [6.45, 7) is 5.36. The fourth-order valence-electron chi connectivity index (χ4n) is 8.19. The van der Waals surface area contributed by atoms with Crippen molar-refractivity contribution < 1.29 is 73.6 Å². The van der Waals surface area contributed by atoms with E-state index in [4.69, 9.17) is 26.0 Å². The van der Waals surface area contributed by atoms with Crippen LogP contribution in [0.4, 0.5) is 0 Å². The Morgan fingerprint density at radius 3 is 1.30 bits per heavy atom. The Kier molecular flexibility index (Phi) is 16.6. The molecular formula is C52H47N4NaO9. The van der Waals surface area contributed by atoms with Gasteiger partial charge in [-0.15, -0.1) is 0 Å². The van der Waals surface area contributed by atoms with Crippen LogP contribution in [0.15, 0.2) is 146 Å². The van der Waals surface area contributed by atoms with Crippen molar-refractivity contribution in [3.63, 3.8) is 0 Å². The molecule has 0 bridgehead atoms. The van der Waals surface area contributed by atoms with Crippen LogP contribution in [0.1, 0.15) is 61.3 Å². The molecule has 2 amide bonds. The number of nitrogens with zero attached hydrogens (tertiary/aromatic N) is 2. The molecule has 0 saturated carbocycles. The molecular weight excluding hydrogens is 848 g/mol. The number of aliphatic carboxylic acids is 1. The third-order valence-electron chi connectivity index (χ3n) is 11.1. The average molecular weight is 895 g/mol. The number of ether oxygens (including phenoxy) is 2. The SMILES string of the molecule is CCOc1cccn2c(Cc3ccccc3-c3ccccc3)c(C)c(C(=O)C(N)=O)c12.Cc1c(C(=O)C(N)=O)c2c(OCC(=O)O)cccn2c1Cc1ccccc1-c1ccccc1.[Na+].[OH-]. The maximum absolute atomic E-state index is 12.8. The minimum absolute atomic E-state index is 0. The number of nitrogens with two attached hydrogens (primary N) is 2. The number of ketones is 2. The number of Topliss-reactive ketones (excluding diaryl/α,β-unsaturated/α-hetero) is 2. The van der Waals surface area contributed by atoms with Gasteiger partial charge in [0.2, 0.25) is 0 Å². The zero-order valence-electron chi connectivity index (χ0n) is 37.0. The Balaban J connectivity index is 0.000000241. The number of amides is 2. The molecule has 0 aliphatic rings. The summed E-state index contributed by atoms with van der Waals surface area (Å²) in [4.78, 5) is 60.2. The molecule has 0 fully saturated rings. The third kappa shape index (κ3) is 10.3. The Morgan fingerprint density at radius 1 is 0.545 bits per heavy atom. The zero-order chi connectivity index (χ0) is 45.5. The average Bonchev–Trinajstić information content (AvgIpc) is 3.75. The van der Waals surface area contributed by atoms with Crippen molar-refractivity contribution in [2.24, 2.45) is 11.5 Å². The maximum Gasteiger partial charge on any atom is 1.00 e. The van der Waals surface area contributed by atoms with E-state index in [1.165, 1.54) is 0 Å². The van der Waals surface area contributed by atoms with Crippen LogP contribution in [0.2, 0.25) is 0 Å². The van der Waals surface area contributed by atoms with Crippen molar-refractivity contribution in [3.8, 4) is 33.8 Å². The molecule has 8 aromatic rings. The van der Waals surface area contributed by atoms with E-state index < -0.39 is 36.0 Å². The molecule has 4 heterocycles. The Bertz CT molecular complexity index is 3070. The number of rotatable bonds is 15. The number of benzene rings is 4. The first-order chi connectivity index (χ1) is 30.9. The smallest absolute Gasteiger partial charge is 0.870 e. The van der Waals surface area contributed by atoms with Gasteiger partial charge >= 0.3 is 35.5 Å². The van der Waals surface area contributed by atoms with Crippen LogP contribution in [0, 0.1) is 13.8 Å². The minimum Gasteiger partial charge on any atom is -0.870 e. The molecule has 13 nitrogen and oxygen atoms in total. The second kappa shape index (κ2) is 22.1. The van der Waals surface area contributed by atoms with Crippen molar-refractivity contribution in [2.45, 2.75) is 33.6 Å². The van der Waals surface area contributed by atoms with Gasteiger partial charge in [-0.05, 0) is 89.5 Å². The molecule has 0 radical (unpaired) electrons. The number of carboxylic acids is 1. The number of fused-ring (bicyclic) bond motifs is 2. The van der Waals surface area contributed by atoms with E-state index in [0.29, 0.717) is 47.4 Å². The predicted octanol–water partition coefficient (Wildman–Crippen LogP) is 5.04. The molecule has 0 saturated heterocycles. The largest absolute Gasteiger partial charge is 1.00 e. The standard InChI is InChI=1S/C26H22N2O5.C26H24N2O3.Na.H2O/c1-16-20(14-18-10-5-6-11-19(18)17-8-3-2-4-9-17)28-13-7-12-21(33-15-22(29)30)24(28)23(16)25(31)26(27)32;1-3-31-22-14-9-15-28-21(17(2)23(24(22)28)25(29)26(27)30)16-19-12-7-8-13-20(19)18-10-5-4-6-11-18;;/h2-13H,14-15H2,1H3,(H2,27,32)(H,29,30);4-15H,3,16H2,1-2H3,(H2,27,30);;1H2/q;;+1;/p-1. The van der Waals surface area contributed by atoms with Gasteiger partial charge in [0.1, 0.15) is 11.5 Å². The number of aromatic nitrogens is 2. The van der Waals surface area contributed by atoms with Gasteiger partial charge < -0.3 is 40.3 Å². The second-order valence-electron chi connectivity index (χ2n) is 15.0. The van der Waals surface area contributed by atoms with E-state index in [1.54, 1.807) is 35.7 Å². The molecule has 0 aliphatic carbocycles. The first-order valence-electron chi connectivity index (χ1n) is 20.6. The Hall–Kier alpha value is -7.29. The van der Waals surface area contributed by atoms with E-state index >= 15 is 0 Å². The van der Waals surface area contributed by atoms with Crippen molar-refractivity contribution >= 4 is 40.4 Å². The zero-order valence-corrected chi connectivity index (χ0v) is 39.0. The summed E-state index contributed by atoms with van der Waals surface area (Å²) in [7, 11) is 0. The van der Waals surface area contributed by atoms with Gasteiger partial charge in [-0.1, -0.05) is 109 Å². The summed E-state index contributed by atoms with van der Waals surface area (Å²) in [6, 6.07) is 43.3. The fraction of sp³-hybridized carbons (Fsp3) is 0.135. The van der Waals surface area contributed by atoms with Crippen molar-refractivity contribution in [3.05, 3.63) is 191 Å². The van der Waals surface area contributed by atoms with Crippen LogP contribution < -0.4 is 50.5 Å². The summed E-state index contributed by atoms with van der Waals surface area (Å²) in [6.07, 6.45) is 4.70. The van der Waals surface area contributed by atoms with E-state index in [1.807, 2.05) is 115 Å². The maximum atomic E-state index is 12.8. The van der Waals surface area contributed by atoms with Gasteiger partial charge in [0.25, 0.3) is 23.4 Å². The van der Waals surface area contributed by atoms with Crippen LogP contribution in [0.5, 0.6) is 11.5 Å². The van der Waals surface area contributed by atoms with E-state index in [0.717, 1.165) is 50.3 Å². The molecule has 4 aromatic carbocycles. The first kappa shape index (κ1) is 49.7. The van der Waals surface area contributed by atoms with E-state index in [-0.39, 0.29) is 46.3 Å². The van der Waals surface area contributed by atoms with Crippen molar-refractivity contribution in [1.82, 2.24) is 8.80 Å². The molecule has 0 aliphatic heterocycles. The molecule has 8 rings (SSSR count). The third-order valence-corrected chi connectivity index (χ3v) is 11.1. The normalized spacial score (nSPS) is 10.5. The van der Waals surface area contributed by atoms with Gasteiger partial charge in [-0.25, -0.2) is 4.79 Å². The summed E-state index contributed by atoms with van der Waals surface area (Å²) in [5.74, 6) is -4.02. The number of primary amides is 2. The molecule has 0 atom stereocenters. The summed E-state index contributed by atoms with van der Waals surface area (Å²) in [5.41, 5.74) is 21.6. The van der Waals surface area contributed by atoms with Crippen LogP contribution in [0.3, 0.4) is 0 Å².